The number of ether oxygens (including phenoxy) is 1. The molecule has 1 aliphatic rings. The van der Waals surface area contributed by atoms with E-state index >= 15 is 0 Å². The van der Waals surface area contributed by atoms with Gasteiger partial charge < -0.3 is 20.3 Å². The molecular weight excluding hydrogens is 238 g/mol. The van der Waals surface area contributed by atoms with Crippen LogP contribution in [0.25, 0.3) is 0 Å². The summed E-state index contributed by atoms with van der Waals surface area (Å²) in [4.78, 5) is 2.53. The van der Waals surface area contributed by atoms with Crippen molar-refractivity contribution in [1.29, 1.82) is 0 Å². The Morgan fingerprint density at radius 1 is 1.16 bits per heavy atom. The van der Waals surface area contributed by atoms with E-state index in [-0.39, 0.29) is 0 Å². The zero-order valence-corrected chi connectivity index (χ0v) is 13.1. The van der Waals surface area contributed by atoms with E-state index in [1.165, 1.54) is 32.4 Å². The lowest BCUT2D eigenvalue weighted by Crippen LogP contribution is -2.45. The summed E-state index contributed by atoms with van der Waals surface area (Å²) < 4.78 is 5.65. The number of likely N-dealkylation sites (tertiary alicyclic amines) is 1. The molecule has 19 heavy (non-hydrogen) atoms. The maximum atomic E-state index is 5.65. The van der Waals surface area contributed by atoms with Gasteiger partial charge in [-0.2, -0.15) is 0 Å². The van der Waals surface area contributed by atoms with Gasteiger partial charge in [-0.1, -0.05) is 20.8 Å². The van der Waals surface area contributed by atoms with Gasteiger partial charge >= 0.3 is 0 Å². The second kappa shape index (κ2) is 10.6. The minimum atomic E-state index is 0.607. The maximum Gasteiger partial charge on any atom is 0.0594 e. The molecule has 0 aromatic heterocycles. The number of rotatable bonds is 10. The fraction of sp³-hybridized carbons (Fsp3) is 1.00. The van der Waals surface area contributed by atoms with Crippen LogP contribution in [-0.2, 0) is 4.74 Å². The summed E-state index contributed by atoms with van der Waals surface area (Å²) in [6.07, 6.45) is 3.74. The minimum Gasteiger partial charge on any atom is -0.379 e. The predicted octanol–water partition coefficient (Wildman–Crippen LogP) is 1.47. The highest BCUT2D eigenvalue weighted by molar-refractivity contribution is 4.78. The van der Waals surface area contributed by atoms with E-state index in [9.17, 15) is 0 Å². The Morgan fingerprint density at radius 3 is 2.53 bits per heavy atom. The second-order valence-electron chi connectivity index (χ2n) is 5.80. The second-order valence-corrected chi connectivity index (χ2v) is 5.80. The Labute approximate surface area is 119 Å². The molecule has 0 saturated carbocycles. The summed E-state index contributed by atoms with van der Waals surface area (Å²) in [7, 11) is 0. The van der Waals surface area contributed by atoms with Gasteiger partial charge in [-0.3, -0.25) is 0 Å². The largest absolute Gasteiger partial charge is 0.379 e. The van der Waals surface area contributed by atoms with Gasteiger partial charge in [0.1, 0.15) is 0 Å². The first-order chi connectivity index (χ1) is 9.22. The molecule has 1 fully saturated rings. The van der Waals surface area contributed by atoms with E-state index in [1.807, 2.05) is 0 Å². The van der Waals surface area contributed by atoms with Crippen molar-refractivity contribution in [3.63, 3.8) is 0 Å². The normalized spacial score (nSPS) is 18.3. The van der Waals surface area contributed by atoms with Crippen LogP contribution < -0.4 is 10.6 Å². The fourth-order valence-electron chi connectivity index (χ4n) is 2.54. The van der Waals surface area contributed by atoms with E-state index < -0.39 is 0 Å². The molecule has 4 heteroatoms. The SMILES string of the molecule is CCCNCCOCCN1CCC(NC(C)C)CC1. The number of nitrogens with one attached hydrogen (secondary N) is 2. The Hall–Kier alpha value is -0.160. The number of hydrogen-bond donors (Lipinski definition) is 2. The molecule has 114 valence electrons. The van der Waals surface area contributed by atoms with Crippen LogP contribution >= 0.6 is 0 Å². The third-order valence-electron chi connectivity index (χ3n) is 3.56. The summed E-state index contributed by atoms with van der Waals surface area (Å²) in [5.74, 6) is 0. The number of hydrogen-bond acceptors (Lipinski definition) is 4. The highest BCUT2D eigenvalue weighted by Gasteiger charge is 2.18. The molecule has 0 aromatic rings. The van der Waals surface area contributed by atoms with E-state index in [0.717, 1.165) is 38.9 Å². The molecule has 0 unspecified atom stereocenters. The highest BCUT2D eigenvalue weighted by Crippen LogP contribution is 2.10. The first-order valence-electron chi connectivity index (χ1n) is 7.99. The van der Waals surface area contributed by atoms with Gasteiger partial charge in [0.05, 0.1) is 13.2 Å². The van der Waals surface area contributed by atoms with Crippen molar-refractivity contribution in [1.82, 2.24) is 15.5 Å². The van der Waals surface area contributed by atoms with Crippen LogP contribution in [0.4, 0.5) is 0 Å². The van der Waals surface area contributed by atoms with Crippen LogP contribution in [0.5, 0.6) is 0 Å². The quantitative estimate of drug-likeness (QED) is 0.590. The van der Waals surface area contributed by atoms with Crippen molar-refractivity contribution >= 4 is 0 Å². The average molecular weight is 271 g/mol. The van der Waals surface area contributed by atoms with Gasteiger partial charge in [-0.05, 0) is 38.9 Å². The standard InChI is InChI=1S/C15H33N3O/c1-4-7-16-8-12-19-13-11-18-9-5-15(6-10-18)17-14(2)3/h14-17H,4-13H2,1-3H3. The summed E-state index contributed by atoms with van der Waals surface area (Å²) in [6.45, 7) is 13.9. The summed E-state index contributed by atoms with van der Waals surface area (Å²) in [5, 5.41) is 6.98. The number of piperidine rings is 1. The van der Waals surface area contributed by atoms with Crippen molar-refractivity contribution in [2.24, 2.45) is 0 Å². The monoisotopic (exact) mass is 271 g/mol. The molecule has 0 aliphatic carbocycles. The molecule has 0 amide bonds. The van der Waals surface area contributed by atoms with Crippen molar-refractivity contribution in [2.45, 2.75) is 52.1 Å². The molecule has 0 bridgehead atoms. The topological polar surface area (TPSA) is 36.5 Å². The van der Waals surface area contributed by atoms with Gasteiger partial charge in [0.15, 0.2) is 0 Å². The lowest BCUT2D eigenvalue weighted by Gasteiger charge is -2.33. The van der Waals surface area contributed by atoms with Crippen LogP contribution in [0.1, 0.15) is 40.0 Å². The van der Waals surface area contributed by atoms with E-state index in [1.54, 1.807) is 0 Å². The summed E-state index contributed by atoms with van der Waals surface area (Å²) in [6, 6.07) is 1.32. The van der Waals surface area contributed by atoms with E-state index in [0.29, 0.717) is 6.04 Å². The van der Waals surface area contributed by atoms with Crippen LogP contribution in [0.2, 0.25) is 0 Å². The zero-order chi connectivity index (χ0) is 13.9. The van der Waals surface area contributed by atoms with E-state index in [2.05, 4.69) is 36.3 Å². The number of nitrogens with zero attached hydrogens (tertiary/aromatic N) is 1. The molecule has 2 N–H and O–H groups in total. The predicted molar refractivity (Wildman–Crippen MR) is 81.7 cm³/mol. The summed E-state index contributed by atoms with van der Waals surface area (Å²) >= 11 is 0. The maximum absolute atomic E-state index is 5.65. The molecule has 0 atom stereocenters. The van der Waals surface area contributed by atoms with Crippen molar-refractivity contribution in [2.75, 3.05) is 45.9 Å². The molecule has 1 heterocycles. The van der Waals surface area contributed by atoms with Crippen LogP contribution in [0.15, 0.2) is 0 Å². The Kier molecular flexibility index (Phi) is 9.43. The van der Waals surface area contributed by atoms with Gasteiger partial charge in [0, 0.05) is 25.2 Å². The molecule has 1 aliphatic heterocycles. The fourth-order valence-corrected chi connectivity index (χ4v) is 2.54. The third-order valence-corrected chi connectivity index (χ3v) is 3.56. The van der Waals surface area contributed by atoms with Gasteiger partial charge in [0.2, 0.25) is 0 Å². The Balaban J connectivity index is 1.92. The van der Waals surface area contributed by atoms with Crippen molar-refractivity contribution in [3.05, 3.63) is 0 Å². The van der Waals surface area contributed by atoms with Crippen LogP contribution in [-0.4, -0.2) is 62.9 Å². The molecular formula is C15H33N3O. The molecule has 0 aromatic carbocycles. The lowest BCUT2D eigenvalue weighted by atomic mass is 10.0. The van der Waals surface area contributed by atoms with E-state index in [4.69, 9.17) is 4.74 Å². The Morgan fingerprint density at radius 2 is 1.89 bits per heavy atom. The van der Waals surface area contributed by atoms with Crippen molar-refractivity contribution < 1.29 is 4.74 Å². The van der Waals surface area contributed by atoms with Gasteiger partial charge in [0.25, 0.3) is 0 Å². The molecule has 1 saturated heterocycles. The minimum absolute atomic E-state index is 0.607. The summed E-state index contributed by atoms with van der Waals surface area (Å²) in [5.41, 5.74) is 0. The van der Waals surface area contributed by atoms with Crippen LogP contribution in [0.3, 0.4) is 0 Å². The Bertz CT molecular complexity index is 204. The smallest absolute Gasteiger partial charge is 0.0594 e. The molecule has 1 rings (SSSR count). The first kappa shape index (κ1) is 16.9. The zero-order valence-electron chi connectivity index (χ0n) is 13.1. The van der Waals surface area contributed by atoms with Crippen LogP contribution in [0, 0.1) is 0 Å². The highest BCUT2D eigenvalue weighted by atomic mass is 16.5. The first-order valence-corrected chi connectivity index (χ1v) is 7.99. The van der Waals surface area contributed by atoms with Crippen molar-refractivity contribution in [3.8, 4) is 0 Å². The molecule has 0 radical (unpaired) electrons. The average Bonchev–Trinajstić information content (AvgIpc) is 2.39. The van der Waals surface area contributed by atoms with Gasteiger partial charge in [-0.15, -0.1) is 0 Å². The lowest BCUT2D eigenvalue weighted by molar-refractivity contribution is 0.0926. The molecule has 0 spiro atoms. The molecule has 4 nitrogen and oxygen atoms in total. The third kappa shape index (κ3) is 8.58. The van der Waals surface area contributed by atoms with Gasteiger partial charge in [-0.25, -0.2) is 0 Å².